The number of fused-ring (bicyclic) bond motifs is 1. The SMILES string of the molecule is CN(C(=O)c1ccncc1)c1ccc(CNc2ccc3ccccc3n2)cc1. The molecule has 2 heterocycles. The molecule has 0 saturated heterocycles. The molecule has 0 unspecified atom stereocenters. The maximum absolute atomic E-state index is 12.5. The molecule has 0 radical (unpaired) electrons. The summed E-state index contributed by atoms with van der Waals surface area (Å²) in [6.07, 6.45) is 3.24. The van der Waals surface area contributed by atoms with Crippen LogP contribution < -0.4 is 10.2 Å². The average molecular weight is 368 g/mol. The second-order valence-corrected chi connectivity index (χ2v) is 6.51. The predicted molar refractivity (Wildman–Crippen MR) is 112 cm³/mol. The number of amides is 1. The molecule has 28 heavy (non-hydrogen) atoms. The molecule has 0 fully saturated rings. The van der Waals surface area contributed by atoms with Crippen molar-refractivity contribution in [2.45, 2.75) is 6.54 Å². The Labute approximate surface area is 163 Å². The number of benzene rings is 2. The van der Waals surface area contributed by atoms with Crippen LogP contribution >= 0.6 is 0 Å². The van der Waals surface area contributed by atoms with Crippen LogP contribution in [-0.2, 0) is 6.54 Å². The second-order valence-electron chi connectivity index (χ2n) is 6.51. The van der Waals surface area contributed by atoms with Crippen LogP contribution in [0.4, 0.5) is 11.5 Å². The minimum Gasteiger partial charge on any atom is -0.366 e. The molecule has 0 spiro atoms. The van der Waals surface area contributed by atoms with E-state index < -0.39 is 0 Å². The summed E-state index contributed by atoms with van der Waals surface area (Å²) in [6.45, 7) is 0.660. The Balaban J connectivity index is 1.42. The van der Waals surface area contributed by atoms with E-state index >= 15 is 0 Å². The lowest BCUT2D eigenvalue weighted by Crippen LogP contribution is -2.26. The molecule has 0 aliphatic heterocycles. The fourth-order valence-electron chi connectivity index (χ4n) is 3.00. The molecule has 138 valence electrons. The Bertz CT molecular complexity index is 1090. The van der Waals surface area contributed by atoms with Gasteiger partial charge in [0.2, 0.25) is 0 Å². The van der Waals surface area contributed by atoms with E-state index in [2.05, 4.69) is 27.4 Å². The first-order chi connectivity index (χ1) is 13.7. The molecule has 1 amide bonds. The lowest BCUT2D eigenvalue weighted by Gasteiger charge is -2.18. The molecule has 4 rings (SSSR count). The molecular formula is C23H20N4O. The molecule has 0 aliphatic carbocycles. The normalized spacial score (nSPS) is 10.6. The van der Waals surface area contributed by atoms with E-state index in [1.165, 1.54) is 0 Å². The molecule has 0 saturated carbocycles. The molecule has 4 aromatic rings. The highest BCUT2D eigenvalue weighted by Gasteiger charge is 2.13. The third kappa shape index (κ3) is 3.83. The zero-order chi connectivity index (χ0) is 19.3. The van der Waals surface area contributed by atoms with Gasteiger partial charge in [-0.3, -0.25) is 9.78 Å². The van der Waals surface area contributed by atoms with Gasteiger partial charge in [0.1, 0.15) is 5.82 Å². The fourth-order valence-corrected chi connectivity index (χ4v) is 3.00. The van der Waals surface area contributed by atoms with Crippen molar-refractivity contribution < 1.29 is 4.79 Å². The molecule has 5 heteroatoms. The van der Waals surface area contributed by atoms with Crippen LogP contribution in [0.15, 0.2) is 85.2 Å². The summed E-state index contributed by atoms with van der Waals surface area (Å²) in [5.41, 5.74) is 3.54. The van der Waals surface area contributed by atoms with Crippen LogP contribution in [-0.4, -0.2) is 22.9 Å². The quantitative estimate of drug-likeness (QED) is 0.563. The predicted octanol–water partition coefficient (Wildman–Crippen LogP) is 4.52. The number of carbonyl (C=O) groups excluding carboxylic acids is 1. The van der Waals surface area contributed by atoms with E-state index in [-0.39, 0.29) is 5.91 Å². The third-order valence-corrected chi connectivity index (χ3v) is 4.63. The Morgan fingerprint density at radius 3 is 2.46 bits per heavy atom. The maximum Gasteiger partial charge on any atom is 0.258 e. The van der Waals surface area contributed by atoms with Gasteiger partial charge >= 0.3 is 0 Å². The summed E-state index contributed by atoms with van der Waals surface area (Å²) in [4.78, 5) is 22.7. The van der Waals surface area contributed by atoms with Crippen molar-refractivity contribution in [1.29, 1.82) is 0 Å². The van der Waals surface area contributed by atoms with Gasteiger partial charge in [-0.25, -0.2) is 4.98 Å². The van der Waals surface area contributed by atoms with Gasteiger partial charge in [-0.05, 0) is 48.0 Å². The lowest BCUT2D eigenvalue weighted by molar-refractivity contribution is 0.0993. The number of rotatable bonds is 5. The number of nitrogens with one attached hydrogen (secondary N) is 1. The summed E-state index contributed by atoms with van der Waals surface area (Å²) < 4.78 is 0. The minimum atomic E-state index is -0.0614. The van der Waals surface area contributed by atoms with Gasteiger partial charge in [0.05, 0.1) is 5.52 Å². The number of hydrogen-bond acceptors (Lipinski definition) is 4. The van der Waals surface area contributed by atoms with Crippen LogP contribution in [0, 0.1) is 0 Å². The van der Waals surface area contributed by atoms with E-state index in [1.807, 2.05) is 48.5 Å². The minimum absolute atomic E-state index is 0.0614. The summed E-state index contributed by atoms with van der Waals surface area (Å²) in [5, 5.41) is 4.48. The Kier molecular flexibility index (Phi) is 4.97. The largest absolute Gasteiger partial charge is 0.366 e. The Morgan fingerprint density at radius 1 is 0.929 bits per heavy atom. The van der Waals surface area contributed by atoms with Crippen LogP contribution in [0.25, 0.3) is 10.9 Å². The van der Waals surface area contributed by atoms with Crippen molar-refractivity contribution in [3.63, 3.8) is 0 Å². The van der Waals surface area contributed by atoms with Gasteiger partial charge in [0.15, 0.2) is 0 Å². The number of carbonyl (C=O) groups is 1. The van der Waals surface area contributed by atoms with E-state index in [4.69, 9.17) is 0 Å². The lowest BCUT2D eigenvalue weighted by atomic mass is 10.1. The first-order valence-corrected chi connectivity index (χ1v) is 9.07. The standard InChI is InChI=1S/C23H20N4O/c1-27(23(28)19-12-14-24-15-13-19)20-9-6-17(7-10-20)16-25-22-11-8-18-4-2-3-5-21(18)26-22/h2-15H,16H2,1H3,(H,25,26). The Hall–Kier alpha value is -3.73. The first-order valence-electron chi connectivity index (χ1n) is 9.07. The van der Waals surface area contributed by atoms with E-state index in [9.17, 15) is 4.79 Å². The van der Waals surface area contributed by atoms with Crippen molar-refractivity contribution >= 4 is 28.3 Å². The maximum atomic E-state index is 12.5. The fraction of sp³-hybridized carbons (Fsp3) is 0.0870. The molecule has 2 aromatic heterocycles. The van der Waals surface area contributed by atoms with Gasteiger partial charge in [0, 0.05) is 42.6 Å². The van der Waals surface area contributed by atoms with Crippen molar-refractivity contribution in [1.82, 2.24) is 9.97 Å². The highest BCUT2D eigenvalue weighted by molar-refractivity contribution is 6.05. The molecule has 0 aliphatic rings. The number of nitrogens with zero attached hydrogens (tertiary/aromatic N) is 3. The molecular weight excluding hydrogens is 348 g/mol. The smallest absolute Gasteiger partial charge is 0.258 e. The number of hydrogen-bond donors (Lipinski definition) is 1. The van der Waals surface area contributed by atoms with Crippen LogP contribution in [0.3, 0.4) is 0 Å². The molecule has 0 atom stereocenters. The zero-order valence-corrected chi connectivity index (χ0v) is 15.5. The second kappa shape index (κ2) is 7.88. The van der Waals surface area contributed by atoms with Crippen molar-refractivity contribution in [2.24, 2.45) is 0 Å². The molecule has 1 N–H and O–H groups in total. The molecule has 0 bridgehead atoms. The summed E-state index contributed by atoms with van der Waals surface area (Å²) >= 11 is 0. The van der Waals surface area contributed by atoms with Crippen LogP contribution in [0.1, 0.15) is 15.9 Å². The van der Waals surface area contributed by atoms with E-state index in [0.717, 1.165) is 28.0 Å². The summed E-state index contributed by atoms with van der Waals surface area (Å²) in [5.74, 6) is 0.779. The van der Waals surface area contributed by atoms with Crippen molar-refractivity contribution in [3.8, 4) is 0 Å². The number of pyridine rings is 2. The number of anilines is 2. The van der Waals surface area contributed by atoms with E-state index in [1.54, 1.807) is 36.5 Å². The van der Waals surface area contributed by atoms with Crippen LogP contribution in [0.2, 0.25) is 0 Å². The summed E-state index contributed by atoms with van der Waals surface area (Å²) in [6, 6.07) is 23.5. The zero-order valence-electron chi connectivity index (χ0n) is 15.5. The van der Waals surface area contributed by atoms with Gasteiger partial charge in [-0.15, -0.1) is 0 Å². The molecule has 5 nitrogen and oxygen atoms in total. The number of aromatic nitrogens is 2. The monoisotopic (exact) mass is 368 g/mol. The average Bonchev–Trinajstić information content (AvgIpc) is 2.77. The van der Waals surface area contributed by atoms with E-state index in [0.29, 0.717) is 12.1 Å². The van der Waals surface area contributed by atoms with Gasteiger partial charge in [-0.1, -0.05) is 30.3 Å². The van der Waals surface area contributed by atoms with Crippen LogP contribution in [0.5, 0.6) is 0 Å². The van der Waals surface area contributed by atoms with Gasteiger partial charge < -0.3 is 10.2 Å². The van der Waals surface area contributed by atoms with Crippen molar-refractivity contribution in [2.75, 3.05) is 17.3 Å². The molecule has 2 aromatic carbocycles. The Morgan fingerprint density at radius 2 is 1.68 bits per heavy atom. The third-order valence-electron chi connectivity index (χ3n) is 4.63. The first kappa shape index (κ1) is 17.7. The van der Waals surface area contributed by atoms with Gasteiger partial charge in [-0.2, -0.15) is 0 Å². The van der Waals surface area contributed by atoms with Crippen molar-refractivity contribution in [3.05, 3.63) is 96.3 Å². The van der Waals surface area contributed by atoms with Gasteiger partial charge in [0.25, 0.3) is 5.91 Å². The number of para-hydroxylation sites is 1. The summed E-state index contributed by atoms with van der Waals surface area (Å²) in [7, 11) is 1.77. The highest BCUT2D eigenvalue weighted by atomic mass is 16.2. The highest BCUT2D eigenvalue weighted by Crippen LogP contribution is 2.18. The topological polar surface area (TPSA) is 58.1 Å².